The van der Waals surface area contributed by atoms with Crippen LogP contribution in [0.1, 0.15) is 17.5 Å². The molecule has 0 aliphatic heterocycles. The van der Waals surface area contributed by atoms with E-state index in [0.717, 1.165) is 11.1 Å². The molecule has 0 saturated heterocycles. The second-order valence-corrected chi connectivity index (χ2v) is 6.00. The van der Waals surface area contributed by atoms with Crippen LogP contribution in [-0.4, -0.2) is 43.0 Å². The molecule has 0 aliphatic carbocycles. The number of hydrazone groups is 1. The molecule has 0 atom stereocenters. The molecule has 0 heterocycles. The summed E-state index contributed by atoms with van der Waals surface area (Å²) in [6, 6.07) is 9.77. The van der Waals surface area contributed by atoms with Gasteiger partial charge in [-0.15, -0.1) is 0 Å². The first-order valence-corrected chi connectivity index (χ1v) is 8.83. The summed E-state index contributed by atoms with van der Waals surface area (Å²) in [5.41, 5.74) is 4.75. The molecule has 2 rings (SSSR count). The highest BCUT2D eigenvalue weighted by molar-refractivity contribution is 6.13. The topological polar surface area (TPSA) is 100 Å². The zero-order valence-corrected chi connectivity index (χ0v) is 16.5. The number of rotatable bonds is 9. The maximum atomic E-state index is 12.3. The van der Waals surface area contributed by atoms with E-state index >= 15 is 0 Å². The lowest BCUT2D eigenvalue weighted by Crippen LogP contribution is -2.08. The number of allylic oxidation sites excluding steroid dienone is 2. The lowest BCUT2D eigenvalue weighted by atomic mass is 10.1. The second-order valence-electron chi connectivity index (χ2n) is 6.00. The van der Waals surface area contributed by atoms with Crippen molar-refractivity contribution in [3.05, 3.63) is 59.7 Å². The number of phenols is 2. The van der Waals surface area contributed by atoms with Gasteiger partial charge in [-0.1, -0.05) is 24.3 Å². The highest BCUT2D eigenvalue weighted by Gasteiger charge is 2.05. The molecule has 7 nitrogen and oxygen atoms in total. The molecule has 0 aliphatic rings. The Morgan fingerprint density at radius 1 is 0.966 bits per heavy atom. The molecule has 0 amide bonds. The molecule has 2 aromatic carbocycles. The van der Waals surface area contributed by atoms with Gasteiger partial charge in [0.2, 0.25) is 0 Å². The quantitative estimate of drug-likeness (QED) is 0.341. The van der Waals surface area contributed by atoms with Crippen molar-refractivity contribution >= 4 is 23.6 Å². The van der Waals surface area contributed by atoms with Crippen LogP contribution in [0.3, 0.4) is 0 Å². The van der Waals surface area contributed by atoms with Gasteiger partial charge in [-0.2, -0.15) is 5.10 Å². The Bertz CT molecular complexity index is 948. The van der Waals surface area contributed by atoms with Crippen LogP contribution in [0.15, 0.2) is 53.7 Å². The molecule has 0 bridgehead atoms. The van der Waals surface area contributed by atoms with Crippen LogP contribution in [0.5, 0.6) is 23.0 Å². The van der Waals surface area contributed by atoms with Crippen molar-refractivity contribution in [2.45, 2.75) is 6.42 Å². The fraction of sp³-hybridized carbons (Fsp3) is 0.182. The highest BCUT2D eigenvalue weighted by Crippen LogP contribution is 2.27. The highest BCUT2D eigenvalue weighted by atomic mass is 16.5. The monoisotopic (exact) mass is 396 g/mol. The fourth-order valence-corrected chi connectivity index (χ4v) is 2.49. The molecule has 2 aromatic rings. The average molecular weight is 396 g/mol. The zero-order chi connectivity index (χ0) is 21.2. The average Bonchev–Trinajstić information content (AvgIpc) is 2.72. The van der Waals surface area contributed by atoms with E-state index in [-0.39, 0.29) is 23.7 Å². The molecule has 3 N–H and O–H groups in total. The molecule has 0 fully saturated rings. The summed E-state index contributed by atoms with van der Waals surface area (Å²) >= 11 is 0. The number of carbonyl (C=O) groups is 1. The predicted octanol–water partition coefficient (Wildman–Crippen LogP) is 3.38. The Hall–Kier alpha value is -3.74. The number of methoxy groups -OCH3 is 2. The maximum absolute atomic E-state index is 12.3. The number of ether oxygens (including phenoxy) is 2. The second kappa shape index (κ2) is 10.6. The van der Waals surface area contributed by atoms with Gasteiger partial charge in [0.25, 0.3) is 0 Å². The van der Waals surface area contributed by atoms with Gasteiger partial charge in [0.1, 0.15) is 0 Å². The third kappa shape index (κ3) is 6.42. The number of nitrogens with one attached hydrogen (secondary N) is 1. The number of carbonyl (C=O) groups excluding carboxylic acids is 1. The molecular weight excluding hydrogens is 372 g/mol. The van der Waals surface area contributed by atoms with Gasteiger partial charge in [-0.25, -0.2) is 0 Å². The first-order valence-electron chi connectivity index (χ1n) is 8.83. The Labute approximate surface area is 169 Å². The number of phenolic OH excluding ortho intramolecular Hbond substituents is 2. The molecule has 7 heteroatoms. The van der Waals surface area contributed by atoms with Crippen molar-refractivity contribution in [2.24, 2.45) is 5.10 Å². The molecule has 0 unspecified atom stereocenters. The Balaban J connectivity index is 2.08. The lowest BCUT2D eigenvalue weighted by Gasteiger charge is -2.04. The summed E-state index contributed by atoms with van der Waals surface area (Å²) in [6.07, 6.45) is 6.69. The molecule has 0 spiro atoms. The molecule has 152 valence electrons. The third-order valence-corrected chi connectivity index (χ3v) is 3.95. The van der Waals surface area contributed by atoms with Crippen LogP contribution in [0.4, 0.5) is 0 Å². The summed E-state index contributed by atoms with van der Waals surface area (Å²) in [5.74, 6) is 0.654. The fourth-order valence-electron chi connectivity index (χ4n) is 2.49. The molecule has 0 radical (unpaired) electrons. The van der Waals surface area contributed by atoms with Crippen LogP contribution in [0.25, 0.3) is 12.2 Å². The van der Waals surface area contributed by atoms with Gasteiger partial charge < -0.3 is 25.1 Å². The summed E-state index contributed by atoms with van der Waals surface area (Å²) < 4.78 is 10.1. The number of hydrogen-bond acceptors (Lipinski definition) is 7. The number of benzene rings is 2. The van der Waals surface area contributed by atoms with Crippen LogP contribution < -0.4 is 14.9 Å². The van der Waals surface area contributed by atoms with Crippen molar-refractivity contribution in [3.8, 4) is 23.0 Å². The van der Waals surface area contributed by atoms with E-state index in [1.54, 1.807) is 49.5 Å². The Morgan fingerprint density at radius 2 is 1.48 bits per heavy atom. The largest absolute Gasteiger partial charge is 0.504 e. The van der Waals surface area contributed by atoms with Gasteiger partial charge in [-0.3, -0.25) is 4.79 Å². The van der Waals surface area contributed by atoms with Gasteiger partial charge in [0, 0.05) is 7.05 Å². The predicted molar refractivity (Wildman–Crippen MR) is 114 cm³/mol. The smallest absolute Gasteiger partial charge is 0.161 e. The van der Waals surface area contributed by atoms with E-state index in [1.807, 2.05) is 0 Å². The van der Waals surface area contributed by atoms with E-state index in [0.29, 0.717) is 17.2 Å². The van der Waals surface area contributed by atoms with Crippen LogP contribution >= 0.6 is 0 Å². The van der Waals surface area contributed by atoms with E-state index in [4.69, 9.17) is 9.47 Å². The molecule has 29 heavy (non-hydrogen) atoms. The number of ketones is 1. The normalized spacial score (nSPS) is 11.8. The summed E-state index contributed by atoms with van der Waals surface area (Å²) in [4.78, 5) is 12.3. The minimum Gasteiger partial charge on any atom is -0.504 e. The van der Waals surface area contributed by atoms with E-state index in [9.17, 15) is 15.0 Å². The minimum atomic E-state index is -0.140. The van der Waals surface area contributed by atoms with Crippen molar-refractivity contribution in [3.63, 3.8) is 0 Å². The number of nitrogens with zero attached hydrogens (tertiary/aromatic N) is 1. The van der Waals surface area contributed by atoms with E-state index in [1.165, 1.54) is 32.4 Å². The lowest BCUT2D eigenvalue weighted by molar-refractivity contribution is -0.113. The first kappa shape index (κ1) is 21.6. The third-order valence-electron chi connectivity index (χ3n) is 3.95. The van der Waals surface area contributed by atoms with Crippen molar-refractivity contribution < 1.29 is 24.5 Å². The summed E-state index contributed by atoms with van der Waals surface area (Å²) in [5, 5.41) is 23.4. The van der Waals surface area contributed by atoms with Gasteiger partial charge >= 0.3 is 0 Å². The van der Waals surface area contributed by atoms with Crippen molar-refractivity contribution in [1.82, 2.24) is 5.43 Å². The minimum absolute atomic E-state index is 0.0374. The SMILES string of the molecule is CN/N=C(\C=C\c1ccc(O)c(OC)c1)CC(=O)/C=C/c1ccc(O)c(OC)c1. The van der Waals surface area contributed by atoms with Gasteiger partial charge in [0.15, 0.2) is 28.8 Å². The van der Waals surface area contributed by atoms with Crippen LogP contribution in [0, 0.1) is 0 Å². The van der Waals surface area contributed by atoms with Crippen molar-refractivity contribution in [2.75, 3.05) is 21.3 Å². The Morgan fingerprint density at radius 3 is 1.97 bits per heavy atom. The van der Waals surface area contributed by atoms with E-state index < -0.39 is 0 Å². The molecular formula is C22H24N2O5. The van der Waals surface area contributed by atoms with Gasteiger partial charge in [0.05, 0.1) is 26.4 Å². The first-order chi connectivity index (χ1) is 14.0. The molecule has 0 aromatic heterocycles. The van der Waals surface area contributed by atoms with E-state index in [2.05, 4.69) is 10.5 Å². The zero-order valence-electron chi connectivity index (χ0n) is 16.5. The summed E-state index contributed by atoms with van der Waals surface area (Å²) in [7, 11) is 4.59. The maximum Gasteiger partial charge on any atom is 0.161 e. The van der Waals surface area contributed by atoms with Crippen LogP contribution in [0.2, 0.25) is 0 Å². The van der Waals surface area contributed by atoms with Gasteiger partial charge in [-0.05, 0) is 47.5 Å². The standard InChI is InChI=1S/C22H24N2O5/c1-23-24-17(8-4-15-6-10-19(26)21(12-15)28-2)14-18(25)9-5-16-7-11-20(27)22(13-16)29-3/h4-13,23,26-27H,14H2,1-3H3/b8-4+,9-5+,24-17+. The summed E-state index contributed by atoms with van der Waals surface area (Å²) in [6.45, 7) is 0. The Kier molecular flexibility index (Phi) is 7.85. The van der Waals surface area contributed by atoms with Crippen LogP contribution in [-0.2, 0) is 4.79 Å². The van der Waals surface area contributed by atoms with Crippen molar-refractivity contribution in [1.29, 1.82) is 0 Å². The molecule has 0 saturated carbocycles. The number of hydrogen-bond donors (Lipinski definition) is 3. The number of aromatic hydroxyl groups is 2.